The van der Waals surface area contributed by atoms with Gasteiger partial charge in [-0.05, 0) is 56.3 Å². The molecular formula is C28H32F3N3O4S. The number of anilines is 2. The lowest BCUT2D eigenvalue weighted by Crippen LogP contribution is -2.24. The summed E-state index contributed by atoms with van der Waals surface area (Å²) < 4.78 is 53.4. The summed E-state index contributed by atoms with van der Waals surface area (Å²) in [5.41, 5.74) is 0.717. The van der Waals surface area contributed by atoms with Gasteiger partial charge in [-0.1, -0.05) is 39.0 Å². The second-order valence-corrected chi connectivity index (χ2v) is 11.8. The van der Waals surface area contributed by atoms with E-state index in [2.05, 4.69) is 41.1 Å². The number of hydrogen-bond acceptors (Lipinski definition) is 6. The first-order chi connectivity index (χ1) is 18.2. The predicted molar refractivity (Wildman–Crippen MR) is 148 cm³/mol. The van der Waals surface area contributed by atoms with Crippen LogP contribution in [0.4, 0.5) is 29.3 Å². The van der Waals surface area contributed by atoms with Crippen LogP contribution in [0, 0.1) is 0 Å². The highest BCUT2D eigenvalue weighted by atomic mass is 32.2. The van der Waals surface area contributed by atoms with Crippen molar-refractivity contribution in [3.05, 3.63) is 72.4 Å². The Morgan fingerprint density at radius 1 is 0.923 bits per heavy atom. The monoisotopic (exact) mass is 563 g/mol. The molecule has 0 aliphatic carbocycles. The lowest BCUT2D eigenvalue weighted by atomic mass is 9.97. The number of thioether (sulfide) groups is 1. The normalized spacial score (nSPS) is 12.1. The van der Waals surface area contributed by atoms with Crippen molar-refractivity contribution >= 4 is 29.2 Å². The van der Waals surface area contributed by atoms with Crippen molar-refractivity contribution in [2.75, 3.05) is 23.0 Å². The molecule has 3 aromatic rings. The molecule has 1 aromatic heterocycles. The Morgan fingerprint density at radius 2 is 1.62 bits per heavy atom. The van der Waals surface area contributed by atoms with E-state index in [1.807, 2.05) is 43.8 Å². The largest absolute Gasteiger partial charge is 0.573 e. The maximum Gasteiger partial charge on any atom is 0.573 e. The van der Waals surface area contributed by atoms with E-state index in [4.69, 9.17) is 9.47 Å². The minimum Gasteiger partial charge on any atom is -0.437 e. The van der Waals surface area contributed by atoms with Gasteiger partial charge in [0.15, 0.2) is 0 Å². The molecular weight excluding hydrogens is 531 g/mol. The third-order valence-corrected chi connectivity index (χ3v) is 6.43. The van der Waals surface area contributed by atoms with Crippen molar-refractivity contribution in [3.63, 3.8) is 0 Å². The van der Waals surface area contributed by atoms with Gasteiger partial charge in [0.2, 0.25) is 5.88 Å². The van der Waals surface area contributed by atoms with Gasteiger partial charge in [-0.25, -0.2) is 9.78 Å². The van der Waals surface area contributed by atoms with Crippen LogP contribution in [0.15, 0.2) is 66.9 Å². The van der Waals surface area contributed by atoms with Gasteiger partial charge in [0.25, 0.3) is 0 Å². The zero-order valence-corrected chi connectivity index (χ0v) is 23.2. The second-order valence-electron chi connectivity index (χ2n) is 9.93. The van der Waals surface area contributed by atoms with E-state index in [9.17, 15) is 18.0 Å². The van der Waals surface area contributed by atoms with Crippen LogP contribution in [-0.2, 0) is 10.3 Å². The lowest BCUT2D eigenvalue weighted by Gasteiger charge is -2.28. The van der Waals surface area contributed by atoms with Crippen LogP contribution in [-0.4, -0.2) is 34.5 Å². The Labute approximate surface area is 230 Å². The summed E-state index contributed by atoms with van der Waals surface area (Å²) in [4.78, 5) is 16.9. The Morgan fingerprint density at radius 3 is 2.28 bits per heavy atom. The first kappa shape index (κ1) is 30.1. The number of urea groups is 1. The molecule has 39 heavy (non-hydrogen) atoms. The van der Waals surface area contributed by atoms with Crippen molar-refractivity contribution in [1.29, 1.82) is 0 Å². The minimum absolute atomic E-state index is 0.147. The number of nitrogens with one attached hydrogen (secondary N) is 2. The van der Waals surface area contributed by atoms with Crippen LogP contribution < -0.4 is 20.1 Å². The summed E-state index contributed by atoms with van der Waals surface area (Å²) in [5, 5.41) is 5.22. The number of rotatable bonds is 10. The summed E-state index contributed by atoms with van der Waals surface area (Å²) in [5.74, 6) is 1.13. The molecule has 7 nitrogen and oxygen atoms in total. The van der Waals surface area contributed by atoms with Crippen molar-refractivity contribution < 1.29 is 32.2 Å². The molecule has 11 heteroatoms. The van der Waals surface area contributed by atoms with Crippen LogP contribution in [0.5, 0.6) is 17.4 Å². The lowest BCUT2D eigenvalue weighted by molar-refractivity contribution is -0.274. The summed E-state index contributed by atoms with van der Waals surface area (Å²) in [6, 6.07) is 14.9. The number of carbonyl (C=O) groups is 1. The smallest absolute Gasteiger partial charge is 0.437 e. The van der Waals surface area contributed by atoms with Gasteiger partial charge in [0.1, 0.15) is 17.2 Å². The number of aromatic nitrogens is 1. The van der Waals surface area contributed by atoms with E-state index < -0.39 is 23.7 Å². The van der Waals surface area contributed by atoms with Gasteiger partial charge in [-0.2, -0.15) is 11.8 Å². The zero-order chi connectivity index (χ0) is 28.7. The van der Waals surface area contributed by atoms with E-state index >= 15 is 0 Å². The van der Waals surface area contributed by atoms with Crippen LogP contribution in [0.2, 0.25) is 0 Å². The second kappa shape index (κ2) is 12.6. The standard InChI is InChI=1S/C28H32F3N3O4S/c1-26(2,3)39-18-17-36-27(4,5)21-9-6-7-11-23(21)37-24-22(10-8-16-32-24)34-25(35)33-19-12-14-20(15-13-19)38-28(29,30)31/h6-16H,17-18H2,1-5H3,(H2,33,34,35). The molecule has 0 saturated carbocycles. The summed E-state index contributed by atoms with van der Waals surface area (Å²) >= 11 is 1.82. The fourth-order valence-electron chi connectivity index (χ4n) is 3.47. The molecule has 2 amide bonds. The number of halogens is 3. The van der Waals surface area contributed by atoms with E-state index in [1.54, 1.807) is 18.2 Å². The van der Waals surface area contributed by atoms with Crippen molar-refractivity contribution in [2.45, 2.75) is 51.3 Å². The van der Waals surface area contributed by atoms with Gasteiger partial charge in [-0.3, -0.25) is 0 Å². The topological polar surface area (TPSA) is 81.7 Å². The van der Waals surface area contributed by atoms with Gasteiger partial charge >= 0.3 is 12.4 Å². The molecule has 0 fully saturated rings. The molecule has 0 bridgehead atoms. The third kappa shape index (κ3) is 9.99. The Bertz CT molecular complexity index is 1250. The fourth-order valence-corrected chi connectivity index (χ4v) is 4.25. The number of hydrogen-bond donors (Lipinski definition) is 2. The van der Waals surface area contributed by atoms with Gasteiger partial charge in [0, 0.05) is 27.9 Å². The number of para-hydroxylation sites is 1. The summed E-state index contributed by atoms with van der Waals surface area (Å²) in [7, 11) is 0. The molecule has 0 aliphatic rings. The fraction of sp³-hybridized carbons (Fsp3) is 0.357. The Hall–Kier alpha value is -3.44. The number of benzene rings is 2. The summed E-state index contributed by atoms with van der Waals surface area (Å²) in [6.45, 7) is 11.0. The number of carbonyl (C=O) groups excluding carboxylic acids is 1. The summed E-state index contributed by atoms with van der Waals surface area (Å²) in [6.07, 6.45) is -3.26. The van der Waals surface area contributed by atoms with Crippen molar-refractivity contribution in [2.24, 2.45) is 0 Å². The number of pyridine rings is 1. The molecule has 0 spiro atoms. The average molecular weight is 564 g/mol. The predicted octanol–water partition coefficient (Wildman–Crippen LogP) is 8.20. The molecule has 210 valence electrons. The van der Waals surface area contributed by atoms with Gasteiger partial charge < -0.3 is 24.8 Å². The highest BCUT2D eigenvalue weighted by Crippen LogP contribution is 2.37. The van der Waals surface area contributed by atoms with Crippen molar-refractivity contribution in [3.8, 4) is 17.4 Å². The molecule has 3 rings (SSSR count). The number of ether oxygens (including phenoxy) is 3. The van der Waals surface area contributed by atoms with Crippen LogP contribution in [0.3, 0.4) is 0 Å². The maximum absolute atomic E-state index is 12.6. The van der Waals surface area contributed by atoms with Crippen molar-refractivity contribution in [1.82, 2.24) is 4.98 Å². The molecule has 2 N–H and O–H groups in total. The average Bonchev–Trinajstić information content (AvgIpc) is 2.83. The zero-order valence-electron chi connectivity index (χ0n) is 22.4. The highest BCUT2D eigenvalue weighted by molar-refractivity contribution is 8.00. The molecule has 2 aromatic carbocycles. The number of alkyl halides is 3. The van der Waals surface area contributed by atoms with E-state index in [-0.39, 0.29) is 16.3 Å². The molecule has 1 heterocycles. The van der Waals surface area contributed by atoms with Gasteiger partial charge in [0.05, 0.1) is 12.2 Å². The first-order valence-corrected chi connectivity index (χ1v) is 13.1. The highest BCUT2D eigenvalue weighted by Gasteiger charge is 2.31. The van der Waals surface area contributed by atoms with E-state index in [0.29, 0.717) is 18.0 Å². The molecule has 0 saturated heterocycles. The Kier molecular flexibility index (Phi) is 9.73. The van der Waals surface area contributed by atoms with Crippen LogP contribution in [0.1, 0.15) is 40.2 Å². The SMILES string of the molecule is CC(C)(C)SCCOC(C)(C)c1ccccc1Oc1ncccc1NC(=O)Nc1ccc(OC(F)(F)F)cc1. The first-order valence-electron chi connectivity index (χ1n) is 12.2. The van der Waals surface area contributed by atoms with Crippen LogP contribution >= 0.6 is 11.8 Å². The number of nitrogens with zero attached hydrogens (tertiary/aromatic N) is 1. The van der Waals surface area contributed by atoms with Crippen LogP contribution in [0.25, 0.3) is 0 Å². The molecule has 0 unspecified atom stereocenters. The van der Waals surface area contributed by atoms with E-state index in [1.165, 1.54) is 18.3 Å². The minimum atomic E-state index is -4.80. The molecule has 0 atom stereocenters. The quantitative estimate of drug-likeness (QED) is 0.242. The van der Waals surface area contributed by atoms with E-state index in [0.717, 1.165) is 23.4 Å². The third-order valence-electron chi connectivity index (χ3n) is 5.19. The molecule has 0 radical (unpaired) electrons. The molecule has 0 aliphatic heterocycles. The Balaban J connectivity index is 1.68. The van der Waals surface area contributed by atoms with Gasteiger partial charge in [-0.15, -0.1) is 13.2 Å². The number of amides is 2. The maximum atomic E-state index is 12.6.